The smallest absolute Gasteiger partial charge is 0.256 e. The van der Waals surface area contributed by atoms with Gasteiger partial charge in [0.1, 0.15) is 5.82 Å². The molecule has 0 saturated carbocycles. The number of nitrogens with two attached hydrogens (primary N) is 1. The predicted molar refractivity (Wildman–Crippen MR) is 82.9 cm³/mol. The molecule has 1 fully saturated rings. The first-order chi connectivity index (χ1) is 11.5. The van der Waals surface area contributed by atoms with E-state index in [2.05, 4.69) is 10.3 Å². The molecule has 0 atom stereocenters. The summed E-state index contributed by atoms with van der Waals surface area (Å²) in [6, 6.07) is 4.24. The molecule has 1 aromatic carbocycles. The Hall–Kier alpha value is -2.81. The fraction of sp³-hybridized carbons (Fsp3) is 0.333. The zero-order valence-corrected chi connectivity index (χ0v) is 12.9. The molecular weight excluding hydrogens is 315 g/mol. The Bertz CT molecular complexity index is 740. The highest BCUT2D eigenvalue weighted by atomic mass is 19.1. The third-order valence-electron chi connectivity index (χ3n) is 3.91. The van der Waals surface area contributed by atoms with Crippen LogP contribution in [0.5, 0.6) is 0 Å². The normalized spacial score (nSPS) is 15.5. The minimum absolute atomic E-state index is 0.00801. The van der Waals surface area contributed by atoms with Crippen LogP contribution in [0.4, 0.5) is 4.39 Å². The van der Waals surface area contributed by atoms with E-state index in [4.69, 9.17) is 5.73 Å². The van der Waals surface area contributed by atoms with Crippen LogP contribution in [-0.2, 0) is 4.79 Å². The van der Waals surface area contributed by atoms with E-state index >= 15 is 0 Å². The van der Waals surface area contributed by atoms with Crippen LogP contribution in [-0.4, -0.2) is 69.3 Å². The van der Waals surface area contributed by atoms with Crippen molar-refractivity contribution in [3.05, 3.63) is 42.0 Å². The highest BCUT2D eigenvalue weighted by Crippen LogP contribution is 2.17. The number of carbonyl (C=O) groups excluding carboxylic acids is 2. The van der Waals surface area contributed by atoms with Gasteiger partial charge in [0.25, 0.3) is 5.91 Å². The zero-order chi connectivity index (χ0) is 17.1. The lowest BCUT2D eigenvalue weighted by atomic mass is 10.1. The minimum atomic E-state index is -0.580. The number of primary amides is 1. The van der Waals surface area contributed by atoms with Crippen LogP contribution in [0.25, 0.3) is 5.69 Å². The molecule has 1 aromatic heterocycles. The molecule has 24 heavy (non-hydrogen) atoms. The lowest BCUT2D eigenvalue weighted by Crippen LogP contribution is -2.50. The number of aromatic nitrogens is 3. The Labute approximate surface area is 137 Å². The summed E-state index contributed by atoms with van der Waals surface area (Å²) in [5, 5.41) is 7.53. The Balaban J connectivity index is 1.74. The van der Waals surface area contributed by atoms with E-state index < -0.39 is 11.7 Å². The standard InChI is InChI=1S/C15H17FN6O2/c16-13-2-1-11(22-4-3-18-19-22)9-12(13)15(24)21-7-5-20(6-8-21)10-14(17)23/h1-4,9H,5-8,10H2,(H2,17,23). The van der Waals surface area contributed by atoms with Gasteiger partial charge in [-0.2, -0.15) is 0 Å². The van der Waals surface area contributed by atoms with Crippen LogP contribution < -0.4 is 5.73 Å². The molecule has 0 aliphatic carbocycles. The van der Waals surface area contributed by atoms with Crippen molar-refractivity contribution in [1.82, 2.24) is 24.8 Å². The second-order valence-electron chi connectivity index (χ2n) is 5.55. The van der Waals surface area contributed by atoms with Crippen LogP contribution in [0, 0.1) is 5.82 Å². The molecule has 2 aromatic rings. The molecule has 0 bridgehead atoms. The Morgan fingerprint density at radius 2 is 1.96 bits per heavy atom. The van der Waals surface area contributed by atoms with Crippen molar-refractivity contribution >= 4 is 11.8 Å². The molecule has 1 aliphatic rings. The van der Waals surface area contributed by atoms with E-state index in [1.54, 1.807) is 11.1 Å². The Morgan fingerprint density at radius 3 is 2.58 bits per heavy atom. The monoisotopic (exact) mass is 332 g/mol. The van der Waals surface area contributed by atoms with E-state index in [0.29, 0.717) is 31.9 Å². The molecule has 0 spiro atoms. The maximum Gasteiger partial charge on any atom is 0.256 e. The number of hydrogen-bond acceptors (Lipinski definition) is 5. The second kappa shape index (κ2) is 6.75. The van der Waals surface area contributed by atoms with Crippen molar-refractivity contribution in [3.63, 3.8) is 0 Å². The van der Waals surface area contributed by atoms with Crippen molar-refractivity contribution in [2.45, 2.75) is 0 Å². The lowest BCUT2D eigenvalue weighted by Gasteiger charge is -2.34. The van der Waals surface area contributed by atoms with E-state index in [1.165, 1.54) is 29.1 Å². The lowest BCUT2D eigenvalue weighted by molar-refractivity contribution is -0.119. The number of nitrogens with zero attached hydrogens (tertiary/aromatic N) is 5. The minimum Gasteiger partial charge on any atom is -0.369 e. The van der Waals surface area contributed by atoms with E-state index in [9.17, 15) is 14.0 Å². The fourth-order valence-corrected chi connectivity index (χ4v) is 2.67. The van der Waals surface area contributed by atoms with Gasteiger partial charge in [0.2, 0.25) is 5.91 Å². The van der Waals surface area contributed by atoms with Gasteiger partial charge < -0.3 is 10.6 Å². The first kappa shape index (κ1) is 16.1. The Kier molecular flexibility index (Phi) is 4.52. The molecule has 1 aliphatic heterocycles. The van der Waals surface area contributed by atoms with Gasteiger partial charge in [0.05, 0.1) is 30.2 Å². The van der Waals surface area contributed by atoms with Crippen LogP contribution in [0.15, 0.2) is 30.6 Å². The summed E-state index contributed by atoms with van der Waals surface area (Å²) in [4.78, 5) is 27.0. The molecule has 126 valence electrons. The summed E-state index contributed by atoms with van der Waals surface area (Å²) in [6.45, 7) is 2.05. The van der Waals surface area contributed by atoms with E-state index in [1.807, 2.05) is 4.90 Å². The maximum atomic E-state index is 14.1. The van der Waals surface area contributed by atoms with Gasteiger partial charge in [-0.25, -0.2) is 9.07 Å². The van der Waals surface area contributed by atoms with Gasteiger partial charge in [-0.15, -0.1) is 5.10 Å². The molecule has 2 heterocycles. The van der Waals surface area contributed by atoms with Gasteiger partial charge in [-0.1, -0.05) is 5.21 Å². The van der Waals surface area contributed by atoms with Crippen molar-refractivity contribution < 1.29 is 14.0 Å². The fourth-order valence-electron chi connectivity index (χ4n) is 2.67. The maximum absolute atomic E-state index is 14.1. The van der Waals surface area contributed by atoms with Crippen molar-refractivity contribution in [3.8, 4) is 5.69 Å². The third kappa shape index (κ3) is 3.40. The van der Waals surface area contributed by atoms with Gasteiger partial charge >= 0.3 is 0 Å². The summed E-state index contributed by atoms with van der Waals surface area (Å²) < 4.78 is 15.6. The molecule has 2 N–H and O–H groups in total. The summed E-state index contributed by atoms with van der Waals surface area (Å²) >= 11 is 0. The number of benzene rings is 1. The summed E-state index contributed by atoms with van der Waals surface area (Å²) in [5.41, 5.74) is 5.72. The van der Waals surface area contributed by atoms with Crippen LogP contribution >= 0.6 is 0 Å². The van der Waals surface area contributed by atoms with Gasteiger partial charge in [0, 0.05) is 26.2 Å². The predicted octanol–water partition coefficient (Wildman–Crippen LogP) is -0.350. The number of halogens is 1. The molecule has 0 radical (unpaired) electrons. The molecule has 3 rings (SSSR count). The van der Waals surface area contributed by atoms with Crippen molar-refractivity contribution in [2.75, 3.05) is 32.7 Å². The van der Waals surface area contributed by atoms with Crippen LogP contribution in [0.2, 0.25) is 0 Å². The number of rotatable bonds is 4. The van der Waals surface area contributed by atoms with E-state index in [0.717, 1.165) is 0 Å². The number of amides is 2. The van der Waals surface area contributed by atoms with Gasteiger partial charge in [-0.05, 0) is 18.2 Å². The topological polar surface area (TPSA) is 97.4 Å². The van der Waals surface area contributed by atoms with Crippen molar-refractivity contribution in [1.29, 1.82) is 0 Å². The number of hydrogen-bond donors (Lipinski definition) is 1. The molecule has 1 saturated heterocycles. The summed E-state index contributed by atoms with van der Waals surface area (Å²) in [7, 11) is 0. The highest BCUT2D eigenvalue weighted by molar-refractivity contribution is 5.95. The van der Waals surface area contributed by atoms with Gasteiger partial charge in [0.15, 0.2) is 0 Å². The van der Waals surface area contributed by atoms with Crippen molar-refractivity contribution in [2.24, 2.45) is 5.73 Å². The van der Waals surface area contributed by atoms with Crippen LogP contribution in [0.3, 0.4) is 0 Å². The third-order valence-corrected chi connectivity index (χ3v) is 3.91. The SMILES string of the molecule is NC(=O)CN1CCN(C(=O)c2cc(-n3ccnn3)ccc2F)CC1. The quantitative estimate of drug-likeness (QED) is 0.825. The highest BCUT2D eigenvalue weighted by Gasteiger charge is 2.25. The van der Waals surface area contributed by atoms with Gasteiger partial charge in [-0.3, -0.25) is 14.5 Å². The molecule has 0 unspecified atom stereocenters. The molecule has 2 amide bonds. The first-order valence-corrected chi connectivity index (χ1v) is 7.51. The second-order valence-corrected chi connectivity index (χ2v) is 5.55. The average Bonchev–Trinajstić information content (AvgIpc) is 3.09. The van der Waals surface area contributed by atoms with E-state index in [-0.39, 0.29) is 18.0 Å². The number of carbonyl (C=O) groups is 2. The Morgan fingerprint density at radius 1 is 1.21 bits per heavy atom. The molecule has 8 nitrogen and oxygen atoms in total. The average molecular weight is 332 g/mol. The summed E-state index contributed by atoms with van der Waals surface area (Å²) in [5.74, 6) is -1.36. The zero-order valence-electron chi connectivity index (χ0n) is 12.9. The number of piperazine rings is 1. The summed E-state index contributed by atoms with van der Waals surface area (Å²) in [6.07, 6.45) is 3.12. The molecular formula is C15H17FN6O2. The first-order valence-electron chi connectivity index (χ1n) is 7.51. The van der Waals surface area contributed by atoms with Crippen LogP contribution in [0.1, 0.15) is 10.4 Å². The molecule has 9 heteroatoms. The largest absolute Gasteiger partial charge is 0.369 e.